The monoisotopic (exact) mass is 221 g/mol. The zero-order valence-electron chi connectivity index (χ0n) is 10.3. The van der Waals surface area contributed by atoms with E-state index in [0.29, 0.717) is 17.3 Å². The smallest absolute Gasteiger partial charge is 0.229 e. The summed E-state index contributed by atoms with van der Waals surface area (Å²) < 4.78 is 0. The fraction of sp³-hybridized carbons (Fsp3) is 0.500. The molecule has 0 aliphatic heterocycles. The van der Waals surface area contributed by atoms with E-state index in [2.05, 4.69) is 4.98 Å². The van der Waals surface area contributed by atoms with Crippen LogP contribution in [-0.2, 0) is 4.79 Å². The first-order chi connectivity index (χ1) is 7.45. The number of nitrogens with zero attached hydrogens (tertiary/aromatic N) is 2. The molecule has 0 aliphatic carbocycles. The SMILES string of the molecule is CC(C)C(C)C(=O)N(C)c1ccncc1N. The van der Waals surface area contributed by atoms with Crippen molar-refractivity contribution in [1.29, 1.82) is 0 Å². The molecule has 1 heterocycles. The van der Waals surface area contributed by atoms with Gasteiger partial charge in [0.25, 0.3) is 0 Å². The van der Waals surface area contributed by atoms with Crippen LogP contribution in [0.3, 0.4) is 0 Å². The number of amides is 1. The van der Waals surface area contributed by atoms with Crippen molar-refractivity contribution < 1.29 is 4.79 Å². The van der Waals surface area contributed by atoms with Gasteiger partial charge in [-0.1, -0.05) is 20.8 Å². The van der Waals surface area contributed by atoms with Crippen LogP contribution < -0.4 is 10.6 Å². The van der Waals surface area contributed by atoms with Gasteiger partial charge < -0.3 is 10.6 Å². The van der Waals surface area contributed by atoms with Gasteiger partial charge in [-0.15, -0.1) is 0 Å². The molecule has 0 radical (unpaired) electrons. The number of anilines is 2. The lowest BCUT2D eigenvalue weighted by Gasteiger charge is -2.24. The minimum Gasteiger partial charge on any atom is -0.396 e. The van der Waals surface area contributed by atoms with Crippen LogP contribution in [0.1, 0.15) is 20.8 Å². The Bertz CT molecular complexity index is 376. The maximum Gasteiger partial charge on any atom is 0.229 e. The Hall–Kier alpha value is -1.58. The highest BCUT2D eigenvalue weighted by Crippen LogP contribution is 2.23. The number of aromatic nitrogens is 1. The summed E-state index contributed by atoms with van der Waals surface area (Å²) in [5, 5.41) is 0. The van der Waals surface area contributed by atoms with Gasteiger partial charge in [-0.3, -0.25) is 9.78 Å². The molecule has 1 aromatic rings. The van der Waals surface area contributed by atoms with E-state index in [1.165, 1.54) is 0 Å². The zero-order valence-corrected chi connectivity index (χ0v) is 10.3. The lowest BCUT2D eigenvalue weighted by molar-refractivity contribution is -0.122. The average Bonchev–Trinajstić information content (AvgIpc) is 2.26. The standard InChI is InChI=1S/C12H19N3O/c1-8(2)9(3)12(16)15(4)11-5-6-14-7-10(11)13/h5-9H,13H2,1-4H3. The van der Waals surface area contributed by atoms with Crippen LogP contribution in [0.5, 0.6) is 0 Å². The number of hydrogen-bond acceptors (Lipinski definition) is 3. The van der Waals surface area contributed by atoms with Crippen molar-refractivity contribution in [3.05, 3.63) is 18.5 Å². The Balaban J connectivity index is 2.91. The van der Waals surface area contributed by atoms with Crippen LogP contribution in [0.4, 0.5) is 11.4 Å². The number of nitrogen functional groups attached to an aromatic ring is 1. The summed E-state index contributed by atoms with van der Waals surface area (Å²) in [6, 6.07) is 1.75. The molecule has 88 valence electrons. The first-order valence-corrected chi connectivity index (χ1v) is 5.42. The summed E-state index contributed by atoms with van der Waals surface area (Å²) >= 11 is 0. The lowest BCUT2D eigenvalue weighted by Crippen LogP contribution is -2.34. The first-order valence-electron chi connectivity index (χ1n) is 5.42. The fourth-order valence-electron chi connectivity index (χ4n) is 1.41. The van der Waals surface area contributed by atoms with Crippen molar-refractivity contribution in [2.75, 3.05) is 17.7 Å². The van der Waals surface area contributed by atoms with Gasteiger partial charge in [0.05, 0.1) is 17.6 Å². The molecular weight excluding hydrogens is 202 g/mol. The minimum absolute atomic E-state index is 0.0161. The Morgan fingerprint density at radius 2 is 2.06 bits per heavy atom. The van der Waals surface area contributed by atoms with Crippen molar-refractivity contribution in [2.45, 2.75) is 20.8 Å². The molecule has 1 atom stereocenters. The van der Waals surface area contributed by atoms with Crippen LogP contribution in [-0.4, -0.2) is 17.9 Å². The molecule has 2 N–H and O–H groups in total. The molecule has 0 bridgehead atoms. The number of carbonyl (C=O) groups is 1. The van der Waals surface area contributed by atoms with E-state index >= 15 is 0 Å². The molecule has 4 heteroatoms. The normalized spacial score (nSPS) is 12.6. The minimum atomic E-state index is -0.0161. The third-order valence-electron chi connectivity index (χ3n) is 2.91. The molecule has 0 saturated heterocycles. The van der Waals surface area contributed by atoms with Crippen LogP contribution in [0.15, 0.2) is 18.5 Å². The second-order valence-electron chi connectivity index (χ2n) is 4.36. The van der Waals surface area contributed by atoms with Crippen molar-refractivity contribution in [3.63, 3.8) is 0 Å². The molecule has 0 spiro atoms. The number of rotatable bonds is 3. The number of carbonyl (C=O) groups excluding carboxylic acids is 1. The van der Waals surface area contributed by atoms with Crippen molar-refractivity contribution >= 4 is 17.3 Å². The van der Waals surface area contributed by atoms with Gasteiger partial charge >= 0.3 is 0 Å². The van der Waals surface area contributed by atoms with Gasteiger partial charge in [0, 0.05) is 19.2 Å². The fourth-order valence-corrected chi connectivity index (χ4v) is 1.41. The highest BCUT2D eigenvalue weighted by Gasteiger charge is 2.22. The summed E-state index contributed by atoms with van der Waals surface area (Å²) in [4.78, 5) is 17.6. The molecule has 4 nitrogen and oxygen atoms in total. The first kappa shape index (κ1) is 12.5. The number of hydrogen-bond donors (Lipinski definition) is 1. The highest BCUT2D eigenvalue weighted by atomic mass is 16.2. The van der Waals surface area contributed by atoms with Gasteiger partial charge in [0.1, 0.15) is 0 Å². The molecule has 0 saturated carbocycles. The predicted molar refractivity (Wildman–Crippen MR) is 66.1 cm³/mol. The lowest BCUT2D eigenvalue weighted by atomic mass is 9.96. The summed E-state index contributed by atoms with van der Waals surface area (Å²) in [7, 11) is 1.74. The quantitative estimate of drug-likeness (QED) is 0.848. The van der Waals surface area contributed by atoms with Crippen LogP contribution in [0.25, 0.3) is 0 Å². The van der Waals surface area contributed by atoms with Gasteiger partial charge in [-0.05, 0) is 12.0 Å². The molecule has 1 amide bonds. The molecular formula is C12H19N3O. The molecule has 0 fully saturated rings. The average molecular weight is 221 g/mol. The summed E-state index contributed by atoms with van der Waals surface area (Å²) in [5.74, 6) is 0.378. The zero-order chi connectivity index (χ0) is 12.3. The van der Waals surface area contributed by atoms with Crippen LogP contribution in [0.2, 0.25) is 0 Å². The topological polar surface area (TPSA) is 59.2 Å². The molecule has 1 rings (SSSR count). The van der Waals surface area contributed by atoms with Gasteiger partial charge in [0.15, 0.2) is 0 Å². The second kappa shape index (κ2) is 4.96. The molecule has 0 aromatic carbocycles. The van der Waals surface area contributed by atoms with Crippen molar-refractivity contribution in [1.82, 2.24) is 4.98 Å². The predicted octanol–water partition coefficient (Wildman–Crippen LogP) is 1.92. The Morgan fingerprint density at radius 3 is 2.56 bits per heavy atom. The maximum absolute atomic E-state index is 12.1. The van der Waals surface area contributed by atoms with E-state index in [1.54, 1.807) is 30.4 Å². The maximum atomic E-state index is 12.1. The molecule has 1 aromatic heterocycles. The Morgan fingerprint density at radius 1 is 1.44 bits per heavy atom. The molecule has 0 aliphatic rings. The van der Waals surface area contributed by atoms with Crippen LogP contribution in [0, 0.1) is 11.8 Å². The third-order valence-corrected chi connectivity index (χ3v) is 2.91. The summed E-state index contributed by atoms with van der Waals surface area (Å²) in [6.45, 7) is 6.00. The van der Waals surface area contributed by atoms with E-state index in [9.17, 15) is 4.79 Å². The Labute approximate surface area is 96.5 Å². The molecule has 1 unspecified atom stereocenters. The number of nitrogens with two attached hydrogens (primary N) is 1. The van der Waals surface area contributed by atoms with Crippen molar-refractivity contribution in [3.8, 4) is 0 Å². The van der Waals surface area contributed by atoms with E-state index in [4.69, 9.17) is 5.73 Å². The molecule has 16 heavy (non-hydrogen) atoms. The highest BCUT2D eigenvalue weighted by molar-refractivity contribution is 5.96. The van der Waals surface area contributed by atoms with Gasteiger partial charge in [-0.2, -0.15) is 0 Å². The second-order valence-corrected chi connectivity index (χ2v) is 4.36. The Kier molecular flexibility index (Phi) is 3.88. The van der Waals surface area contributed by atoms with Gasteiger partial charge in [0.2, 0.25) is 5.91 Å². The third kappa shape index (κ3) is 2.51. The largest absolute Gasteiger partial charge is 0.396 e. The van der Waals surface area contributed by atoms with Crippen LogP contribution >= 0.6 is 0 Å². The summed E-state index contributed by atoms with van der Waals surface area (Å²) in [5.41, 5.74) is 7.02. The van der Waals surface area contributed by atoms with E-state index in [-0.39, 0.29) is 11.8 Å². The summed E-state index contributed by atoms with van der Waals surface area (Å²) in [6.07, 6.45) is 3.19. The van der Waals surface area contributed by atoms with E-state index < -0.39 is 0 Å². The van der Waals surface area contributed by atoms with E-state index in [0.717, 1.165) is 0 Å². The van der Waals surface area contributed by atoms with Gasteiger partial charge in [-0.25, -0.2) is 0 Å². The van der Waals surface area contributed by atoms with Crippen molar-refractivity contribution in [2.24, 2.45) is 11.8 Å². The van der Waals surface area contributed by atoms with E-state index in [1.807, 2.05) is 20.8 Å². The number of pyridine rings is 1.